The number of amides is 1. The van der Waals surface area contributed by atoms with Gasteiger partial charge in [-0.15, -0.1) is 0 Å². The van der Waals surface area contributed by atoms with Crippen molar-refractivity contribution < 1.29 is 13.2 Å². The highest BCUT2D eigenvalue weighted by atomic mass is 32.2. The SMILES string of the molecule is CCc1ccccc1NC(=O)c1cc(S(=O)(=O)N(C)C)ccc1N1CCCCC1. The van der Waals surface area contributed by atoms with Crippen molar-refractivity contribution in [2.75, 3.05) is 37.4 Å². The van der Waals surface area contributed by atoms with Gasteiger partial charge in [-0.05, 0) is 55.5 Å². The van der Waals surface area contributed by atoms with Crippen LogP contribution in [0.3, 0.4) is 0 Å². The van der Waals surface area contributed by atoms with Crippen molar-refractivity contribution in [3.05, 3.63) is 53.6 Å². The van der Waals surface area contributed by atoms with Crippen molar-refractivity contribution in [3.63, 3.8) is 0 Å². The first-order valence-corrected chi connectivity index (χ1v) is 11.5. The maximum absolute atomic E-state index is 13.2. The van der Waals surface area contributed by atoms with Crippen molar-refractivity contribution >= 4 is 27.3 Å². The highest BCUT2D eigenvalue weighted by Crippen LogP contribution is 2.29. The molecule has 1 N–H and O–H groups in total. The Morgan fingerprint density at radius 3 is 2.41 bits per heavy atom. The first-order valence-electron chi connectivity index (χ1n) is 10.1. The zero-order valence-electron chi connectivity index (χ0n) is 17.3. The number of piperidine rings is 1. The molecule has 0 bridgehead atoms. The molecule has 3 rings (SSSR count). The van der Waals surface area contributed by atoms with Crippen LogP contribution in [0.2, 0.25) is 0 Å². The molecule has 1 saturated heterocycles. The summed E-state index contributed by atoms with van der Waals surface area (Å²) >= 11 is 0. The molecule has 156 valence electrons. The maximum Gasteiger partial charge on any atom is 0.257 e. The summed E-state index contributed by atoms with van der Waals surface area (Å²) in [5.41, 5.74) is 2.97. The average molecular weight is 416 g/mol. The van der Waals surface area contributed by atoms with Crippen LogP contribution in [0.15, 0.2) is 47.4 Å². The normalized spacial score (nSPS) is 14.8. The number of nitrogens with one attached hydrogen (secondary N) is 1. The van der Waals surface area contributed by atoms with E-state index in [9.17, 15) is 13.2 Å². The molecule has 6 nitrogen and oxygen atoms in total. The molecular formula is C22H29N3O3S. The maximum atomic E-state index is 13.2. The number of aryl methyl sites for hydroxylation is 1. The number of carbonyl (C=O) groups excluding carboxylic acids is 1. The molecule has 1 aliphatic rings. The molecule has 29 heavy (non-hydrogen) atoms. The summed E-state index contributed by atoms with van der Waals surface area (Å²) in [7, 11) is -0.649. The highest BCUT2D eigenvalue weighted by molar-refractivity contribution is 7.89. The Balaban J connectivity index is 2.03. The molecule has 0 saturated carbocycles. The Hall–Kier alpha value is -2.38. The fraction of sp³-hybridized carbons (Fsp3) is 0.409. The summed E-state index contributed by atoms with van der Waals surface area (Å²) in [4.78, 5) is 15.5. The summed E-state index contributed by atoms with van der Waals surface area (Å²) in [5, 5.41) is 2.99. The van der Waals surface area contributed by atoms with E-state index >= 15 is 0 Å². The topological polar surface area (TPSA) is 69.7 Å². The number of sulfonamides is 1. The van der Waals surface area contributed by atoms with E-state index < -0.39 is 10.0 Å². The molecule has 1 amide bonds. The number of rotatable bonds is 6. The predicted molar refractivity (Wildman–Crippen MR) is 117 cm³/mol. The van der Waals surface area contributed by atoms with Gasteiger partial charge in [0.2, 0.25) is 10.0 Å². The van der Waals surface area contributed by atoms with Gasteiger partial charge in [-0.3, -0.25) is 4.79 Å². The van der Waals surface area contributed by atoms with Gasteiger partial charge >= 0.3 is 0 Å². The van der Waals surface area contributed by atoms with Gasteiger partial charge in [0.15, 0.2) is 0 Å². The zero-order valence-corrected chi connectivity index (χ0v) is 18.1. The number of benzene rings is 2. The summed E-state index contributed by atoms with van der Waals surface area (Å²) in [6, 6.07) is 12.5. The molecule has 2 aromatic rings. The summed E-state index contributed by atoms with van der Waals surface area (Å²) < 4.78 is 26.4. The van der Waals surface area contributed by atoms with Gasteiger partial charge in [0.25, 0.3) is 5.91 Å². The van der Waals surface area contributed by atoms with Crippen molar-refractivity contribution in [1.82, 2.24) is 4.31 Å². The molecular weight excluding hydrogens is 386 g/mol. The second kappa shape index (κ2) is 8.97. The van der Waals surface area contributed by atoms with Crippen LogP contribution in [0, 0.1) is 0 Å². The lowest BCUT2D eigenvalue weighted by Gasteiger charge is -2.30. The van der Waals surface area contributed by atoms with Crippen LogP contribution in [0.25, 0.3) is 0 Å². The van der Waals surface area contributed by atoms with Crippen LogP contribution in [-0.2, 0) is 16.4 Å². The number of nitrogens with zero attached hydrogens (tertiary/aromatic N) is 2. The summed E-state index contributed by atoms with van der Waals surface area (Å²) in [5.74, 6) is -0.290. The van der Waals surface area contributed by atoms with E-state index in [1.807, 2.05) is 31.2 Å². The average Bonchev–Trinajstić information content (AvgIpc) is 2.74. The van der Waals surface area contributed by atoms with Crippen LogP contribution in [0.5, 0.6) is 0 Å². The standard InChI is InChI=1S/C22H29N3O3S/c1-4-17-10-6-7-11-20(17)23-22(26)19-16-18(29(27,28)24(2)3)12-13-21(19)25-14-8-5-9-15-25/h6-7,10-13,16H,4-5,8-9,14-15H2,1-3H3,(H,23,26). The van der Waals surface area contributed by atoms with Gasteiger partial charge in [-0.2, -0.15) is 0 Å². The third-order valence-corrected chi connectivity index (χ3v) is 7.15. The molecule has 0 spiro atoms. The molecule has 2 aromatic carbocycles. The Bertz CT molecular complexity index is 981. The molecule has 0 unspecified atom stereocenters. The minimum atomic E-state index is -3.63. The second-order valence-corrected chi connectivity index (χ2v) is 9.63. The number of hydrogen-bond acceptors (Lipinski definition) is 4. The quantitative estimate of drug-likeness (QED) is 0.780. The Labute approximate surface area is 173 Å². The first-order chi connectivity index (χ1) is 13.8. The molecule has 7 heteroatoms. The number of anilines is 2. The fourth-order valence-electron chi connectivity index (χ4n) is 3.62. The Kier molecular flexibility index (Phi) is 6.59. The largest absolute Gasteiger partial charge is 0.371 e. The monoisotopic (exact) mass is 415 g/mol. The molecule has 0 aliphatic carbocycles. The lowest BCUT2D eigenvalue weighted by atomic mass is 10.1. The fourth-order valence-corrected chi connectivity index (χ4v) is 4.55. The second-order valence-electron chi connectivity index (χ2n) is 7.48. The summed E-state index contributed by atoms with van der Waals surface area (Å²) in [6.07, 6.45) is 4.11. The molecule has 0 atom stereocenters. The van der Waals surface area contributed by atoms with E-state index in [4.69, 9.17) is 0 Å². The van der Waals surface area contributed by atoms with Crippen molar-refractivity contribution in [1.29, 1.82) is 0 Å². The molecule has 1 heterocycles. The van der Waals surface area contributed by atoms with Crippen LogP contribution < -0.4 is 10.2 Å². The van der Waals surface area contributed by atoms with Gasteiger partial charge in [-0.25, -0.2) is 12.7 Å². The van der Waals surface area contributed by atoms with Gasteiger partial charge in [-0.1, -0.05) is 25.1 Å². The lowest BCUT2D eigenvalue weighted by Crippen LogP contribution is -2.32. The smallest absolute Gasteiger partial charge is 0.257 e. The van der Waals surface area contributed by atoms with E-state index in [0.717, 1.165) is 53.6 Å². The van der Waals surface area contributed by atoms with Crippen molar-refractivity contribution in [2.24, 2.45) is 0 Å². The lowest BCUT2D eigenvalue weighted by molar-refractivity contribution is 0.102. The number of hydrogen-bond donors (Lipinski definition) is 1. The minimum Gasteiger partial charge on any atom is -0.371 e. The predicted octanol–water partition coefficient (Wildman–Crippen LogP) is 3.74. The highest BCUT2D eigenvalue weighted by Gasteiger charge is 2.24. The van der Waals surface area contributed by atoms with Gasteiger partial charge < -0.3 is 10.2 Å². The van der Waals surface area contributed by atoms with E-state index in [2.05, 4.69) is 10.2 Å². The van der Waals surface area contributed by atoms with Crippen molar-refractivity contribution in [2.45, 2.75) is 37.5 Å². The van der Waals surface area contributed by atoms with Crippen LogP contribution in [0.1, 0.15) is 42.1 Å². The van der Waals surface area contributed by atoms with E-state index in [0.29, 0.717) is 5.56 Å². The van der Waals surface area contributed by atoms with E-state index in [1.165, 1.54) is 26.6 Å². The molecule has 0 radical (unpaired) electrons. The van der Waals surface area contributed by atoms with Crippen LogP contribution >= 0.6 is 0 Å². The third-order valence-electron chi connectivity index (χ3n) is 5.33. The number of carbonyl (C=O) groups is 1. The van der Waals surface area contributed by atoms with E-state index in [-0.39, 0.29) is 10.8 Å². The Morgan fingerprint density at radius 1 is 1.07 bits per heavy atom. The van der Waals surface area contributed by atoms with Gasteiger partial charge in [0.1, 0.15) is 0 Å². The van der Waals surface area contributed by atoms with Crippen LogP contribution in [-0.4, -0.2) is 45.8 Å². The molecule has 1 fully saturated rings. The van der Waals surface area contributed by atoms with Crippen LogP contribution in [0.4, 0.5) is 11.4 Å². The molecule has 0 aromatic heterocycles. The van der Waals surface area contributed by atoms with E-state index in [1.54, 1.807) is 12.1 Å². The third kappa shape index (κ3) is 4.62. The minimum absolute atomic E-state index is 0.122. The zero-order chi connectivity index (χ0) is 21.0. The van der Waals surface area contributed by atoms with Gasteiger partial charge in [0, 0.05) is 38.6 Å². The number of para-hydroxylation sites is 1. The van der Waals surface area contributed by atoms with Gasteiger partial charge in [0.05, 0.1) is 10.5 Å². The molecule has 1 aliphatic heterocycles. The summed E-state index contributed by atoms with van der Waals surface area (Å²) in [6.45, 7) is 3.77. The van der Waals surface area contributed by atoms with Crippen molar-refractivity contribution in [3.8, 4) is 0 Å². The Morgan fingerprint density at radius 2 is 1.76 bits per heavy atom. The first kappa shape index (κ1) is 21.3.